The van der Waals surface area contributed by atoms with Crippen molar-refractivity contribution < 1.29 is 16.8 Å². The van der Waals surface area contributed by atoms with E-state index in [-0.39, 0.29) is 40.5 Å². The number of hydrogen-bond donors (Lipinski definition) is 2. The van der Waals surface area contributed by atoms with Crippen LogP contribution in [0, 0.1) is 0 Å². The fourth-order valence-corrected chi connectivity index (χ4v) is 5.15. The molecular weight excluding hydrogens is 408 g/mol. The first-order valence-electron chi connectivity index (χ1n) is 8.47. The van der Waals surface area contributed by atoms with Crippen molar-refractivity contribution in [3.63, 3.8) is 0 Å². The standard InChI is InChI=1S/C18H22N2O4S2.ClH/c1-2-25(21,22)15-7-5-8-16(12-15)26(23,24)20-13-18-17-9-4-3-6-14(17)10-11-19-18;/h3-9,12,18-20H,2,10-11,13H2,1H3;1H. The lowest BCUT2D eigenvalue weighted by Gasteiger charge is -2.27. The van der Waals surface area contributed by atoms with Crippen LogP contribution in [0.25, 0.3) is 0 Å². The van der Waals surface area contributed by atoms with Gasteiger partial charge in [0, 0.05) is 12.6 Å². The van der Waals surface area contributed by atoms with Gasteiger partial charge in [0.1, 0.15) is 0 Å². The lowest BCUT2D eigenvalue weighted by molar-refractivity contribution is 0.491. The minimum atomic E-state index is -3.81. The minimum absolute atomic E-state index is 0. The molecule has 0 bridgehead atoms. The molecule has 0 amide bonds. The second-order valence-corrected chi connectivity index (χ2v) is 10.2. The number of hydrogen-bond acceptors (Lipinski definition) is 5. The average Bonchev–Trinajstić information content (AvgIpc) is 2.66. The van der Waals surface area contributed by atoms with Gasteiger partial charge in [-0.05, 0) is 42.3 Å². The molecule has 3 rings (SSSR count). The largest absolute Gasteiger partial charge is 0.308 e. The number of sulfonamides is 1. The SMILES string of the molecule is CCS(=O)(=O)c1cccc(S(=O)(=O)NCC2NCCc3ccccc32)c1.Cl. The fraction of sp³-hybridized carbons (Fsp3) is 0.333. The Labute approximate surface area is 166 Å². The number of halogens is 1. The molecule has 1 heterocycles. The molecule has 0 radical (unpaired) electrons. The Morgan fingerprint density at radius 3 is 2.48 bits per heavy atom. The second kappa shape index (κ2) is 8.70. The molecule has 2 aromatic carbocycles. The summed E-state index contributed by atoms with van der Waals surface area (Å²) in [4.78, 5) is -0.0277. The summed E-state index contributed by atoms with van der Waals surface area (Å²) in [7, 11) is -7.27. The van der Waals surface area contributed by atoms with E-state index >= 15 is 0 Å². The summed E-state index contributed by atoms with van der Waals surface area (Å²) in [6.07, 6.45) is 0.913. The van der Waals surface area contributed by atoms with Crippen LogP contribution < -0.4 is 10.0 Å². The van der Waals surface area contributed by atoms with Crippen molar-refractivity contribution in [3.05, 3.63) is 59.7 Å². The Hall–Kier alpha value is -1.45. The topological polar surface area (TPSA) is 92.3 Å². The zero-order valence-electron chi connectivity index (χ0n) is 14.9. The van der Waals surface area contributed by atoms with Crippen molar-refractivity contribution in [1.29, 1.82) is 0 Å². The summed E-state index contributed by atoms with van der Waals surface area (Å²) >= 11 is 0. The van der Waals surface area contributed by atoms with E-state index in [1.165, 1.54) is 36.8 Å². The van der Waals surface area contributed by atoms with Crippen LogP contribution in [0.1, 0.15) is 24.1 Å². The highest BCUT2D eigenvalue weighted by atomic mass is 35.5. The van der Waals surface area contributed by atoms with Crippen LogP contribution in [-0.2, 0) is 26.3 Å². The molecule has 0 aliphatic carbocycles. The monoisotopic (exact) mass is 430 g/mol. The molecule has 27 heavy (non-hydrogen) atoms. The summed E-state index contributed by atoms with van der Waals surface area (Å²) in [5, 5.41) is 3.32. The van der Waals surface area contributed by atoms with Gasteiger partial charge in [0.2, 0.25) is 10.0 Å². The molecule has 1 aliphatic rings. The maximum Gasteiger partial charge on any atom is 0.240 e. The van der Waals surface area contributed by atoms with Gasteiger partial charge in [-0.15, -0.1) is 12.4 Å². The number of sulfone groups is 1. The lowest BCUT2D eigenvalue weighted by Crippen LogP contribution is -2.38. The normalized spacial score (nSPS) is 17.0. The van der Waals surface area contributed by atoms with Crippen LogP contribution >= 0.6 is 12.4 Å². The summed E-state index contributed by atoms with van der Waals surface area (Å²) in [5.41, 5.74) is 2.30. The van der Waals surface area contributed by atoms with Crippen LogP contribution in [0.3, 0.4) is 0 Å². The zero-order valence-corrected chi connectivity index (χ0v) is 17.3. The Kier molecular flexibility index (Phi) is 7.04. The summed E-state index contributed by atoms with van der Waals surface area (Å²) in [6.45, 7) is 2.51. The average molecular weight is 431 g/mol. The Bertz CT molecular complexity index is 1010. The van der Waals surface area contributed by atoms with Crippen LogP contribution in [0.2, 0.25) is 0 Å². The van der Waals surface area contributed by atoms with E-state index in [1.54, 1.807) is 0 Å². The number of fused-ring (bicyclic) bond motifs is 1. The Balaban J connectivity index is 0.00000261. The van der Waals surface area contributed by atoms with Crippen LogP contribution in [-0.4, -0.2) is 35.7 Å². The van der Waals surface area contributed by atoms with E-state index in [2.05, 4.69) is 16.1 Å². The van der Waals surface area contributed by atoms with Crippen molar-refractivity contribution in [3.8, 4) is 0 Å². The third-order valence-electron chi connectivity index (χ3n) is 4.55. The van der Waals surface area contributed by atoms with Gasteiger partial charge in [0.15, 0.2) is 9.84 Å². The van der Waals surface area contributed by atoms with Gasteiger partial charge < -0.3 is 5.32 Å². The van der Waals surface area contributed by atoms with E-state index in [0.717, 1.165) is 18.5 Å². The molecule has 0 aromatic heterocycles. The van der Waals surface area contributed by atoms with Gasteiger partial charge in [0.25, 0.3) is 0 Å². The summed E-state index contributed by atoms with van der Waals surface area (Å²) in [5.74, 6) is -0.0767. The highest BCUT2D eigenvalue weighted by Crippen LogP contribution is 2.23. The van der Waals surface area contributed by atoms with E-state index in [1.807, 2.05) is 18.2 Å². The zero-order chi connectivity index (χ0) is 18.8. The second-order valence-electron chi connectivity index (χ2n) is 6.19. The quantitative estimate of drug-likeness (QED) is 0.731. The van der Waals surface area contributed by atoms with Crippen LogP contribution in [0.4, 0.5) is 0 Å². The number of rotatable bonds is 6. The van der Waals surface area contributed by atoms with E-state index in [0.29, 0.717) is 0 Å². The summed E-state index contributed by atoms with van der Waals surface area (Å²) in [6, 6.07) is 13.3. The fourth-order valence-electron chi connectivity index (χ4n) is 3.05. The number of benzene rings is 2. The molecule has 2 N–H and O–H groups in total. The molecular formula is C18H23ClN2O4S2. The van der Waals surface area contributed by atoms with Crippen molar-refractivity contribution in [1.82, 2.24) is 10.0 Å². The molecule has 1 unspecified atom stereocenters. The van der Waals surface area contributed by atoms with Gasteiger partial charge in [-0.25, -0.2) is 21.6 Å². The van der Waals surface area contributed by atoms with Gasteiger partial charge in [-0.2, -0.15) is 0 Å². The highest BCUT2D eigenvalue weighted by molar-refractivity contribution is 7.91. The molecule has 148 valence electrons. The molecule has 0 saturated heterocycles. The smallest absolute Gasteiger partial charge is 0.240 e. The third-order valence-corrected chi connectivity index (χ3v) is 7.70. The van der Waals surface area contributed by atoms with Gasteiger partial charge in [-0.3, -0.25) is 0 Å². The Morgan fingerprint density at radius 1 is 1.04 bits per heavy atom. The third kappa shape index (κ3) is 4.89. The molecule has 1 atom stereocenters. The van der Waals surface area contributed by atoms with E-state index in [9.17, 15) is 16.8 Å². The van der Waals surface area contributed by atoms with Gasteiger partial charge in [0.05, 0.1) is 15.5 Å². The predicted molar refractivity (Wildman–Crippen MR) is 107 cm³/mol. The van der Waals surface area contributed by atoms with Crippen molar-refractivity contribution in [2.45, 2.75) is 29.2 Å². The summed E-state index contributed by atoms with van der Waals surface area (Å²) < 4.78 is 51.8. The highest BCUT2D eigenvalue weighted by Gasteiger charge is 2.23. The van der Waals surface area contributed by atoms with Gasteiger partial charge in [-0.1, -0.05) is 37.3 Å². The molecule has 2 aromatic rings. The van der Waals surface area contributed by atoms with E-state index < -0.39 is 19.9 Å². The first-order chi connectivity index (χ1) is 12.3. The van der Waals surface area contributed by atoms with Crippen molar-refractivity contribution in [2.75, 3.05) is 18.8 Å². The first-order valence-corrected chi connectivity index (χ1v) is 11.6. The van der Waals surface area contributed by atoms with E-state index in [4.69, 9.17) is 0 Å². The maximum atomic E-state index is 12.6. The molecule has 0 spiro atoms. The molecule has 6 nitrogen and oxygen atoms in total. The van der Waals surface area contributed by atoms with Crippen LogP contribution in [0.15, 0.2) is 58.3 Å². The Morgan fingerprint density at radius 2 is 1.74 bits per heavy atom. The lowest BCUT2D eigenvalue weighted by atomic mass is 9.95. The van der Waals surface area contributed by atoms with Crippen molar-refractivity contribution in [2.24, 2.45) is 0 Å². The molecule has 9 heteroatoms. The maximum absolute atomic E-state index is 12.6. The van der Waals surface area contributed by atoms with Gasteiger partial charge >= 0.3 is 0 Å². The number of nitrogens with one attached hydrogen (secondary N) is 2. The molecule has 0 saturated carbocycles. The predicted octanol–water partition coefficient (Wildman–Crippen LogP) is 2.07. The molecule has 1 aliphatic heterocycles. The molecule has 0 fully saturated rings. The first kappa shape index (κ1) is 21.8. The minimum Gasteiger partial charge on any atom is -0.308 e. The van der Waals surface area contributed by atoms with Crippen LogP contribution in [0.5, 0.6) is 0 Å². The van der Waals surface area contributed by atoms with Crippen molar-refractivity contribution >= 4 is 32.3 Å².